The number of piperidine rings is 1. The van der Waals surface area contributed by atoms with Crippen molar-refractivity contribution in [3.05, 3.63) is 0 Å². The first-order valence-electron chi connectivity index (χ1n) is 4.83. The zero-order valence-corrected chi connectivity index (χ0v) is 7.73. The van der Waals surface area contributed by atoms with Crippen molar-refractivity contribution >= 4 is 5.91 Å². The molecule has 0 aromatic rings. The van der Waals surface area contributed by atoms with E-state index in [1.807, 2.05) is 6.92 Å². The maximum Gasteiger partial charge on any atom is 0.221 e. The molecule has 2 N–H and O–H groups in total. The van der Waals surface area contributed by atoms with Gasteiger partial charge in [-0.3, -0.25) is 4.79 Å². The van der Waals surface area contributed by atoms with Gasteiger partial charge in [-0.05, 0) is 26.3 Å². The van der Waals surface area contributed by atoms with Gasteiger partial charge in [0.1, 0.15) is 0 Å². The molecule has 1 aliphatic heterocycles. The van der Waals surface area contributed by atoms with Gasteiger partial charge >= 0.3 is 0 Å². The Bertz CT molecular complexity index is 141. The van der Waals surface area contributed by atoms with E-state index in [1.54, 1.807) is 0 Å². The van der Waals surface area contributed by atoms with E-state index in [4.69, 9.17) is 0 Å². The summed E-state index contributed by atoms with van der Waals surface area (Å²) < 4.78 is 0. The van der Waals surface area contributed by atoms with Gasteiger partial charge in [-0.15, -0.1) is 0 Å². The van der Waals surface area contributed by atoms with Crippen LogP contribution < -0.4 is 10.6 Å². The van der Waals surface area contributed by atoms with Gasteiger partial charge in [-0.25, -0.2) is 0 Å². The summed E-state index contributed by atoms with van der Waals surface area (Å²) in [7, 11) is 0. The van der Waals surface area contributed by atoms with Crippen molar-refractivity contribution in [3.63, 3.8) is 0 Å². The molecular formula is C9H18N2O. The molecular weight excluding hydrogens is 152 g/mol. The average Bonchev–Trinajstić information content (AvgIpc) is 2.06. The molecule has 1 saturated heterocycles. The highest BCUT2D eigenvalue weighted by atomic mass is 16.1. The Labute approximate surface area is 73.9 Å². The topological polar surface area (TPSA) is 41.1 Å². The first kappa shape index (κ1) is 9.52. The highest BCUT2D eigenvalue weighted by molar-refractivity contribution is 5.76. The van der Waals surface area contributed by atoms with Gasteiger partial charge in [0.15, 0.2) is 0 Å². The lowest BCUT2D eigenvalue weighted by Gasteiger charge is -2.22. The molecule has 1 aliphatic rings. The van der Waals surface area contributed by atoms with Crippen LogP contribution in [0.5, 0.6) is 0 Å². The van der Waals surface area contributed by atoms with E-state index < -0.39 is 0 Å². The fraction of sp³-hybridized carbons (Fsp3) is 0.889. The smallest absolute Gasteiger partial charge is 0.221 e. The van der Waals surface area contributed by atoms with E-state index in [0.717, 1.165) is 19.5 Å². The van der Waals surface area contributed by atoms with E-state index in [9.17, 15) is 4.79 Å². The molecule has 0 aromatic carbocycles. The molecule has 0 aliphatic carbocycles. The first-order chi connectivity index (χ1) is 5.83. The SMILES string of the molecule is CCNC(=O)C[C@H]1CCCCN1. The minimum absolute atomic E-state index is 0.178. The number of rotatable bonds is 3. The summed E-state index contributed by atoms with van der Waals surface area (Å²) in [5.74, 6) is 0.178. The first-order valence-corrected chi connectivity index (χ1v) is 4.83. The summed E-state index contributed by atoms with van der Waals surface area (Å²) in [4.78, 5) is 11.2. The van der Waals surface area contributed by atoms with E-state index in [-0.39, 0.29) is 5.91 Å². The van der Waals surface area contributed by atoms with Crippen LogP contribution in [0.25, 0.3) is 0 Å². The second kappa shape index (κ2) is 5.14. The Morgan fingerprint density at radius 2 is 2.42 bits per heavy atom. The molecule has 0 saturated carbocycles. The van der Waals surface area contributed by atoms with Crippen molar-refractivity contribution in [1.29, 1.82) is 0 Å². The van der Waals surface area contributed by atoms with Crippen molar-refractivity contribution in [3.8, 4) is 0 Å². The molecule has 3 heteroatoms. The highest BCUT2D eigenvalue weighted by Crippen LogP contribution is 2.09. The minimum Gasteiger partial charge on any atom is -0.356 e. The van der Waals surface area contributed by atoms with Gasteiger partial charge < -0.3 is 10.6 Å². The van der Waals surface area contributed by atoms with Gasteiger partial charge in [0.25, 0.3) is 0 Å². The van der Waals surface area contributed by atoms with Crippen LogP contribution >= 0.6 is 0 Å². The summed E-state index contributed by atoms with van der Waals surface area (Å²) in [5.41, 5.74) is 0. The summed E-state index contributed by atoms with van der Waals surface area (Å²) in [5, 5.41) is 6.16. The predicted molar refractivity (Wildman–Crippen MR) is 48.9 cm³/mol. The molecule has 70 valence electrons. The monoisotopic (exact) mass is 170 g/mol. The van der Waals surface area contributed by atoms with Crippen molar-refractivity contribution in [1.82, 2.24) is 10.6 Å². The quantitative estimate of drug-likeness (QED) is 0.653. The third-order valence-corrected chi connectivity index (χ3v) is 2.22. The molecule has 0 aromatic heterocycles. The summed E-state index contributed by atoms with van der Waals surface area (Å²) in [6.07, 6.45) is 4.31. The van der Waals surface area contributed by atoms with Crippen LogP contribution in [0.4, 0.5) is 0 Å². The van der Waals surface area contributed by atoms with Crippen LogP contribution in [0.3, 0.4) is 0 Å². The average molecular weight is 170 g/mol. The Balaban J connectivity index is 2.15. The number of carbonyl (C=O) groups is 1. The maximum absolute atomic E-state index is 11.2. The van der Waals surface area contributed by atoms with Crippen molar-refractivity contribution < 1.29 is 4.79 Å². The van der Waals surface area contributed by atoms with Gasteiger partial charge in [-0.2, -0.15) is 0 Å². The molecule has 0 bridgehead atoms. The number of amides is 1. The number of carbonyl (C=O) groups excluding carboxylic acids is 1. The van der Waals surface area contributed by atoms with E-state index in [2.05, 4.69) is 10.6 Å². The van der Waals surface area contributed by atoms with Crippen LogP contribution in [-0.2, 0) is 4.79 Å². The van der Waals surface area contributed by atoms with Crippen LogP contribution in [0.1, 0.15) is 32.6 Å². The number of nitrogens with one attached hydrogen (secondary N) is 2. The molecule has 1 fully saturated rings. The van der Waals surface area contributed by atoms with Gasteiger partial charge in [0.05, 0.1) is 0 Å². The number of hydrogen-bond donors (Lipinski definition) is 2. The van der Waals surface area contributed by atoms with E-state index in [0.29, 0.717) is 12.5 Å². The molecule has 1 heterocycles. The Kier molecular flexibility index (Phi) is 4.08. The summed E-state index contributed by atoms with van der Waals surface area (Å²) >= 11 is 0. The second-order valence-electron chi connectivity index (χ2n) is 3.30. The zero-order valence-electron chi connectivity index (χ0n) is 7.73. The third-order valence-electron chi connectivity index (χ3n) is 2.22. The van der Waals surface area contributed by atoms with Crippen molar-refractivity contribution in [2.24, 2.45) is 0 Å². The summed E-state index contributed by atoms with van der Waals surface area (Å²) in [6.45, 7) is 3.77. The van der Waals surface area contributed by atoms with Gasteiger partial charge in [0, 0.05) is 19.0 Å². The van der Waals surface area contributed by atoms with E-state index in [1.165, 1.54) is 12.8 Å². The molecule has 1 amide bonds. The standard InChI is InChI=1S/C9H18N2O/c1-2-10-9(12)7-8-5-3-4-6-11-8/h8,11H,2-7H2,1H3,(H,10,12)/t8-/m1/s1. The molecule has 0 unspecified atom stereocenters. The van der Waals surface area contributed by atoms with E-state index >= 15 is 0 Å². The lowest BCUT2D eigenvalue weighted by Crippen LogP contribution is -2.38. The third kappa shape index (κ3) is 3.22. The molecule has 12 heavy (non-hydrogen) atoms. The van der Waals surface area contributed by atoms with Crippen molar-refractivity contribution in [2.45, 2.75) is 38.6 Å². The normalized spacial score (nSPS) is 23.6. The van der Waals surface area contributed by atoms with Crippen molar-refractivity contribution in [2.75, 3.05) is 13.1 Å². The lowest BCUT2D eigenvalue weighted by atomic mass is 10.0. The fourth-order valence-electron chi connectivity index (χ4n) is 1.59. The second-order valence-corrected chi connectivity index (χ2v) is 3.30. The maximum atomic E-state index is 11.2. The molecule has 0 radical (unpaired) electrons. The summed E-state index contributed by atoms with van der Waals surface area (Å²) in [6, 6.07) is 0.422. The van der Waals surface area contributed by atoms with Crippen LogP contribution in [0, 0.1) is 0 Å². The largest absolute Gasteiger partial charge is 0.356 e. The predicted octanol–water partition coefficient (Wildman–Crippen LogP) is 0.655. The Morgan fingerprint density at radius 3 is 3.00 bits per heavy atom. The molecule has 1 rings (SSSR count). The Hall–Kier alpha value is -0.570. The Morgan fingerprint density at radius 1 is 1.58 bits per heavy atom. The zero-order chi connectivity index (χ0) is 8.81. The lowest BCUT2D eigenvalue weighted by molar-refractivity contribution is -0.121. The van der Waals surface area contributed by atoms with Crippen LogP contribution in [0.15, 0.2) is 0 Å². The molecule has 3 nitrogen and oxygen atoms in total. The highest BCUT2D eigenvalue weighted by Gasteiger charge is 2.15. The van der Waals surface area contributed by atoms with Crippen LogP contribution in [0.2, 0.25) is 0 Å². The van der Waals surface area contributed by atoms with Gasteiger partial charge in [0.2, 0.25) is 5.91 Å². The molecule has 1 atom stereocenters. The number of hydrogen-bond acceptors (Lipinski definition) is 2. The van der Waals surface area contributed by atoms with Gasteiger partial charge in [-0.1, -0.05) is 6.42 Å². The molecule has 0 spiro atoms. The fourth-order valence-corrected chi connectivity index (χ4v) is 1.59. The van der Waals surface area contributed by atoms with Crippen LogP contribution in [-0.4, -0.2) is 25.0 Å². The minimum atomic E-state index is 0.178.